The highest BCUT2D eigenvalue weighted by Crippen LogP contribution is 2.20. The maximum absolute atomic E-state index is 13.3. The Hall–Kier alpha value is -3.38. The largest absolute Gasteiger partial charge is 0.361 e. The molecule has 0 aliphatic heterocycles. The zero-order valence-electron chi connectivity index (χ0n) is 18.2. The molecule has 5 nitrogen and oxygen atoms in total. The van der Waals surface area contributed by atoms with Gasteiger partial charge in [-0.05, 0) is 54.5 Å². The molecular weight excluding hydrogens is 418 g/mol. The summed E-state index contributed by atoms with van der Waals surface area (Å²) in [5.74, 6) is -0.409. The summed E-state index contributed by atoms with van der Waals surface area (Å²) in [5.41, 5.74) is 4.42. The van der Waals surface area contributed by atoms with Crippen LogP contribution in [0.15, 0.2) is 72.2 Å². The number of thiophene rings is 1. The molecule has 0 aliphatic carbocycles. The standard InChI is InChI=1S/C26H27N3O2S/c1-17-8-3-4-9-19(17)14-18(2)28-25(30)23(29-26(31)24-12-7-13-32-24)15-20-16-27-22-11-6-5-10-21(20)22/h3-13,16,18,23,27H,14-15H2,1-2H3,(H,28,30)(H,29,31). The van der Waals surface area contributed by atoms with E-state index in [1.165, 1.54) is 22.5 Å². The van der Waals surface area contributed by atoms with E-state index >= 15 is 0 Å². The second kappa shape index (κ2) is 9.83. The molecule has 4 rings (SSSR count). The number of fused-ring (bicyclic) bond motifs is 1. The zero-order chi connectivity index (χ0) is 22.5. The lowest BCUT2D eigenvalue weighted by Crippen LogP contribution is -2.50. The van der Waals surface area contributed by atoms with Crippen molar-refractivity contribution in [3.8, 4) is 0 Å². The predicted molar refractivity (Wildman–Crippen MR) is 130 cm³/mol. The Balaban J connectivity index is 1.51. The quantitative estimate of drug-likeness (QED) is 0.370. The Morgan fingerprint density at radius 2 is 1.72 bits per heavy atom. The minimum Gasteiger partial charge on any atom is -0.361 e. The van der Waals surface area contributed by atoms with Crippen LogP contribution in [0.3, 0.4) is 0 Å². The highest BCUT2D eigenvalue weighted by molar-refractivity contribution is 7.12. The number of carbonyl (C=O) groups excluding carboxylic acids is 2. The van der Waals surface area contributed by atoms with Gasteiger partial charge in [0.05, 0.1) is 4.88 Å². The van der Waals surface area contributed by atoms with Crippen molar-refractivity contribution >= 4 is 34.1 Å². The van der Waals surface area contributed by atoms with Crippen molar-refractivity contribution in [2.45, 2.75) is 38.8 Å². The average molecular weight is 446 g/mol. The Bertz CT molecular complexity index is 1210. The van der Waals surface area contributed by atoms with Gasteiger partial charge in [-0.25, -0.2) is 0 Å². The predicted octanol–water partition coefficient (Wildman–Crippen LogP) is 4.63. The van der Waals surface area contributed by atoms with Gasteiger partial charge in [0.2, 0.25) is 5.91 Å². The summed E-state index contributed by atoms with van der Waals surface area (Å²) in [7, 11) is 0. The van der Waals surface area contributed by atoms with Gasteiger partial charge in [-0.15, -0.1) is 11.3 Å². The minimum absolute atomic E-state index is 0.0623. The number of amides is 2. The number of H-pyrrole nitrogens is 1. The first kappa shape index (κ1) is 21.8. The lowest BCUT2D eigenvalue weighted by molar-refractivity contribution is -0.123. The second-order valence-electron chi connectivity index (χ2n) is 8.11. The molecule has 3 N–H and O–H groups in total. The van der Waals surface area contributed by atoms with Gasteiger partial charge >= 0.3 is 0 Å². The number of carbonyl (C=O) groups is 2. The number of aromatic amines is 1. The van der Waals surface area contributed by atoms with Crippen LogP contribution in [0.5, 0.6) is 0 Å². The molecule has 0 fully saturated rings. The van der Waals surface area contributed by atoms with Crippen LogP contribution in [0, 0.1) is 6.92 Å². The van der Waals surface area contributed by atoms with E-state index in [4.69, 9.17) is 0 Å². The van der Waals surface area contributed by atoms with Crippen molar-refractivity contribution in [1.82, 2.24) is 15.6 Å². The first-order chi connectivity index (χ1) is 15.5. The molecule has 0 aliphatic rings. The summed E-state index contributed by atoms with van der Waals surface area (Å²) in [6.45, 7) is 4.07. The average Bonchev–Trinajstić information content (AvgIpc) is 3.45. The Kier molecular flexibility index (Phi) is 6.71. The van der Waals surface area contributed by atoms with Crippen LogP contribution in [-0.2, 0) is 17.6 Å². The van der Waals surface area contributed by atoms with Crippen molar-refractivity contribution in [3.05, 3.63) is 93.8 Å². The van der Waals surface area contributed by atoms with Crippen LogP contribution in [0.4, 0.5) is 0 Å². The van der Waals surface area contributed by atoms with Crippen LogP contribution in [-0.4, -0.2) is 28.9 Å². The molecule has 2 heterocycles. The smallest absolute Gasteiger partial charge is 0.262 e. The van der Waals surface area contributed by atoms with Crippen molar-refractivity contribution in [1.29, 1.82) is 0 Å². The fourth-order valence-corrected chi connectivity index (χ4v) is 4.56. The maximum Gasteiger partial charge on any atom is 0.262 e. The second-order valence-corrected chi connectivity index (χ2v) is 9.05. The first-order valence-corrected chi connectivity index (χ1v) is 11.6. The molecule has 0 saturated carbocycles. The highest BCUT2D eigenvalue weighted by Gasteiger charge is 2.25. The molecule has 164 valence electrons. The Morgan fingerprint density at radius 3 is 2.50 bits per heavy atom. The molecule has 2 aromatic heterocycles. The number of hydrogen-bond donors (Lipinski definition) is 3. The molecule has 0 saturated heterocycles. The van der Waals surface area contributed by atoms with Gasteiger partial charge in [-0.2, -0.15) is 0 Å². The molecule has 6 heteroatoms. The number of hydrogen-bond acceptors (Lipinski definition) is 3. The van der Waals surface area contributed by atoms with Crippen LogP contribution >= 0.6 is 11.3 Å². The van der Waals surface area contributed by atoms with Gasteiger partial charge in [0.15, 0.2) is 0 Å². The number of benzene rings is 2. The lowest BCUT2D eigenvalue weighted by Gasteiger charge is -2.22. The summed E-state index contributed by atoms with van der Waals surface area (Å²) in [6.07, 6.45) is 3.06. The lowest BCUT2D eigenvalue weighted by atomic mass is 10.0. The SMILES string of the molecule is Cc1ccccc1CC(C)NC(=O)C(Cc1c[nH]c2ccccc12)NC(=O)c1cccs1. The van der Waals surface area contributed by atoms with Crippen LogP contribution < -0.4 is 10.6 Å². The first-order valence-electron chi connectivity index (χ1n) is 10.8. The van der Waals surface area contributed by atoms with Crippen molar-refractivity contribution in [2.24, 2.45) is 0 Å². The van der Waals surface area contributed by atoms with E-state index in [1.807, 2.05) is 61.0 Å². The molecule has 0 spiro atoms. The fraction of sp³-hybridized carbons (Fsp3) is 0.231. The molecule has 32 heavy (non-hydrogen) atoms. The third-order valence-corrected chi connectivity index (χ3v) is 6.51. The minimum atomic E-state index is -0.678. The number of aryl methyl sites for hydroxylation is 1. The third-order valence-electron chi connectivity index (χ3n) is 5.64. The van der Waals surface area contributed by atoms with Gasteiger partial charge in [0.25, 0.3) is 5.91 Å². The third kappa shape index (κ3) is 5.08. The van der Waals surface area contributed by atoms with E-state index < -0.39 is 6.04 Å². The maximum atomic E-state index is 13.3. The van der Waals surface area contributed by atoms with E-state index in [0.717, 1.165) is 22.9 Å². The van der Waals surface area contributed by atoms with E-state index in [2.05, 4.69) is 34.7 Å². The van der Waals surface area contributed by atoms with Crippen molar-refractivity contribution in [2.75, 3.05) is 0 Å². The molecule has 4 aromatic rings. The Morgan fingerprint density at radius 1 is 0.938 bits per heavy atom. The molecule has 0 bridgehead atoms. The molecule has 2 atom stereocenters. The van der Waals surface area contributed by atoms with E-state index in [-0.39, 0.29) is 17.9 Å². The van der Waals surface area contributed by atoms with Gasteiger partial charge in [-0.3, -0.25) is 9.59 Å². The Labute approximate surface area is 191 Å². The fourth-order valence-electron chi connectivity index (χ4n) is 3.93. The molecule has 2 amide bonds. The molecule has 0 radical (unpaired) electrons. The van der Waals surface area contributed by atoms with Crippen LogP contribution in [0.1, 0.15) is 33.3 Å². The number of para-hydroxylation sites is 1. The molecule has 2 unspecified atom stereocenters. The van der Waals surface area contributed by atoms with E-state index in [9.17, 15) is 9.59 Å². The molecule has 2 aromatic carbocycles. The highest BCUT2D eigenvalue weighted by atomic mass is 32.1. The van der Waals surface area contributed by atoms with Gasteiger partial charge in [0.1, 0.15) is 6.04 Å². The topological polar surface area (TPSA) is 74.0 Å². The van der Waals surface area contributed by atoms with Gasteiger partial charge in [0, 0.05) is 29.6 Å². The number of nitrogens with one attached hydrogen (secondary N) is 3. The summed E-state index contributed by atoms with van der Waals surface area (Å²) < 4.78 is 0. The summed E-state index contributed by atoms with van der Waals surface area (Å²) >= 11 is 1.36. The number of rotatable bonds is 8. The van der Waals surface area contributed by atoms with Crippen LogP contribution in [0.2, 0.25) is 0 Å². The number of aromatic nitrogens is 1. The van der Waals surface area contributed by atoms with E-state index in [1.54, 1.807) is 6.07 Å². The van der Waals surface area contributed by atoms with E-state index in [0.29, 0.717) is 11.3 Å². The van der Waals surface area contributed by atoms with Gasteiger partial charge in [-0.1, -0.05) is 48.5 Å². The van der Waals surface area contributed by atoms with Gasteiger partial charge < -0.3 is 15.6 Å². The summed E-state index contributed by atoms with van der Waals surface area (Å²) in [5, 5.41) is 8.97. The van der Waals surface area contributed by atoms with Crippen molar-refractivity contribution < 1.29 is 9.59 Å². The van der Waals surface area contributed by atoms with Crippen LogP contribution in [0.25, 0.3) is 10.9 Å². The molecular formula is C26H27N3O2S. The summed E-state index contributed by atoms with van der Waals surface area (Å²) in [4.78, 5) is 29.9. The summed E-state index contributed by atoms with van der Waals surface area (Å²) in [6, 6.07) is 19.0. The zero-order valence-corrected chi connectivity index (χ0v) is 19.0. The monoisotopic (exact) mass is 445 g/mol. The normalized spacial score (nSPS) is 12.9. The van der Waals surface area contributed by atoms with Crippen molar-refractivity contribution in [3.63, 3.8) is 0 Å².